The Kier molecular flexibility index (Phi) is 4.19. The van der Waals surface area contributed by atoms with E-state index in [0.717, 1.165) is 0 Å². The molecular formula is C5H9FN2O2. The van der Waals surface area contributed by atoms with E-state index >= 15 is 0 Å². The highest BCUT2D eigenvalue weighted by Crippen LogP contribution is 1.81. The highest BCUT2D eigenvalue weighted by molar-refractivity contribution is 5.81. The third-order valence-electron chi connectivity index (χ3n) is 0.796. The molecule has 0 fully saturated rings. The molecule has 0 radical (unpaired) electrons. The van der Waals surface area contributed by atoms with Crippen LogP contribution in [0.3, 0.4) is 0 Å². The Morgan fingerprint density at radius 3 is 2.80 bits per heavy atom. The molecule has 0 rings (SSSR count). The van der Waals surface area contributed by atoms with Crippen LogP contribution in [-0.2, 0) is 9.59 Å². The lowest BCUT2D eigenvalue weighted by molar-refractivity contribution is -0.129. The van der Waals surface area contributed by atoms with Gasteiger partial charge >= 0.3 is 0 Å². The summed E-state index contributed by atoms with van der Waals surface area (Å²) in [6.07, 6.45) is -1.79. The summed E-state index contributed by atoms with van der Waals surface area (Å²) in [5, 5.41) is 3.87. The number of likely N-dealkylation sites (N-methyl/N-ethyl adjacent to an activating group) is 1. The van der Waals surface area contributed by atoms with E-state index < -0.39 is 12.2 Å². The molecule has 0 aliphatic rings. The first kappa shape index (κ1) is 8.87. The lowest BCUT2D eigenvalue weighted by Gasteiger charge is -2.04. The topological polar surface area (TPSA) is 58.2 Å². The first-order valence-corrected chi connectivity index (χ1v) is 2.83. The fourth-order valence-corrected chi connectivity index (χ4v) is 0.399. The van der Waals surface area contributed by atoms with Crippen molar-refractivity contribution in [3.8, 4) is 0 Å². The second-order valence-corrected chi connectivity index (χ2v) is 1.54. The van der Waals surface area contributed by atoms with Gasteiger partial charge in [-0.15, -0.1) is 0 Å². The maximum Gasteiger partial charge on any atom is 0.275 e. The molecule has 0 spiro atoms. The Morgan fingerprint density at radius 2 is 2.40 bits per heavy atom. The normalized spacial score (nSPS) is 11.8. The molecule has 0 aromatic carbocycles. The number of hydrogen-bond acceptors (Lipinski definition) is 2. The molecule has 58 valence electrons. The number of nitrogens with one attached hydrogen (secondary N) is 2. The van der Waals surface area contributed by atoms with Gasteiger partial charge in [0, 0.05) is 6.54 Å². The van der Waals surface area contributed by atoms with Crippen LogP contribution in [0.5, 0.6) is 0 Å². The second kappa shape index (κ2) is 4.72. The summed E-state index contributed by atoms with van der Waals surface area (Å²) in [5.74, 6) is -0.824. The molecule has 0 saturated heterocycles. The number of amides is 2. The summed E-state index contributed by atoms with van der Waals surface area (Å²) in [5.41, 5.74) is 0. The minimum absolute atomic E-state index is 0.139. The van der Waals surface area contributed by atoms with Crippen LogP contribution in [-0.4, -0.2) is 25.2 Å². The van der Waals surface area contributed by atoms with Gasteiger partial charge in [0.05, 0.1) is 0 Å². The van der Waals surface area contributed by atoms with Gasteiger partial charge in [-0.05, 0) is 6.92 Å². The molecular weight excluding hydrogens is 139 g/mol. The Bertz CT molecular complexity index is 129. The number of carbonyl (C=O) groups is 2. The molecule has 5 heteroatoms. The molecule has 0 aliphatic heterocycles. The zero-order valence-corrected chi connectivity index (χ0v) is 5.56. The van der Waals surface area contributed by atoms with E-state index in [-0.39, 0.29) is 6.41 Å². The van der Waals surface area contributed by atoms with Crippen LogP contribution < -0.4 is 10.6 Å². The first-order chi connectivity index (χ1) is 4.72. The third kappa shape index (κ3) is 3.01. The number of alkyl halides is 1. The van der Waals surface area contributed by atoms with Crippen molar-refractivity contribution < 1.29 is 14.0 Å². The molecule has 0 aromatic heterocycles. The molecule has 2 amide bonds. The Hall–Kier alpha value is -1.13. The smallest absolute Gasteiger partial charge is 0.275 e. The van der Waals surface area contributed by atoms with E-state index in [1.165, 1.54) is 0 Å². The number of carbonyl (C=O) groups excluding carboxylic acids is 2. The molecule has 1 atom stereocenters. The van der Waals surface area contributed by atoms with E-state index in [1.807, 2.05) is 0 Å². The van der Waals surface area contributed by atoms with Gasteiger partial charge in [-0.3, -0.25) is 9.59 Å². The predicted molar refractivity (Wildman–Crippen MR) is 32.8 cm³/mol. The molecule has 2 N–H and O–H groups in total. The third-order valence-corrected chi connectivity index (χ3v) is 0.796. The summed E-state index contributed by atoms with van der Waals surface area (Å²) >= 11 is 0. The molecule has 1 unspecified atom stereocenters. The van der Waals surface area contributed by atoms with Gasteiger partial charge in [0.2, 0.25) is 6.41 Å². The van der Waals surface area contributed by atoms with E-state index in [9.17, 15) is 14.0 Å². The van der Waals surface area contributed by atoms with E-state index in [1.54, 1.807) is 12.2 Å². The molecule has 0 aliphatic carbocycles. The average Bonchev–Trinajstić information content (AvgIpc) is 1.89. The van der Waals surface area contributed by atoms with Crippen molar-refractivity contribution in [2.24, 2.45) is 0 Å². The first-order valence-electron chi connectivity index (χ1n) is 2.83. The van der Waals surface area contributed by atoms with Gasteiger partial charge in [-0.2, -0.15) is 0 Å². The summed E-state index contributed by atoms with van der Waals surface area (Å²) in [6, 6.07) is 0. The van der Waals surface area contributed by atoms with E-state index in [2.05, 4.69) is 5.32 Å². The van der Waals surface area contributed by atoms with Crippen molar-refractivity contribution in [3.05, 3.63) is 0 Å². The highest BCUT2D eigenvalue weighted by atomic mass is 19.1. The van der Waals surface area contributed by atoms with E-state index in [4.69, 9.17) is 0 Å². The maximum absolute atomic E-state index is 12.2. The molecule has 0 saturated carbocycles. The minimum Gasteiger partial charge on any atom is -0.352 e. The zero-order chi connectivity index (χ0) is 7.98. The lowest BCUT2D eigenvalue weighted by Crippen LogP contribution is -2.40. The zero-order valence-electron chi connectivity index (χ0n) is 5.56. The monoisotopic (exact) mass is 148 g/mol. The van der Waals surface area contributed by atoms with Crippen LogP contribution in [0, 0.1) is 0 Å². The van der Waals surface area contributed by atoms with Crippen LogP contribution in [0.15, 0.2) is 0 Å². The molecule has 4 nitrogen and oxygen atoms in total. The number of rotatable bonds is 4. The minimum atomic E-state index is -1.93. The molecule has 0 bridgehead atoms. The van der Waals surface area contributed by atoms with Crippen molar-refractivity contribution in [1.29, 1.82) is 0 Å². The summed E-state index contributed by atoms with van der Waals surface area (Å²) in [7, 11) is 0. The van der Waals surface area contributed by atoms with Crippen LogP contribution in [0.1, 0.15) is 6.92 Å². The second-order valence-electron chi connectivity index (χ2n) is 1.54. The quantitative estimate of drug-likeness (QED) is 0.403. The SMILES string of the molecule is CCNC(=O)C(F)NC=O. The summed E-state index contributed by atoms with van der Waals surface area (Å²) in [4.78, 5) is 20.0. The van der Waals surface area contributed by atoms with Crippen molar-refractivity contribution in [1.82, 2.24) is 10.6 Å². The van der Waals surface area contributed by atoms with Crippen LogP contribution >= 0.6 is 0 Å². The lowest BCUT2D eigenvalue weighted by atomic mass is 10.5. The predicted octanol–water partition coefficient (Wildman–Crippen LogP) is -0.836. The van der Waals surface area contributed by atoms with Gasteiger partial charge in [0.25, 0.3) is 12.2 Å². The standard InChI is InChI=1S/C5H9FN2O2/c1-2-7-5(10)4(6)8-3-9/h3-4H,2H2,1H3,(H,7,10)(H,8,9). The molecule has 0 heterocycles. The fourth-order valence-electron chi connectivity index (χ4n) is 0.399. The van der Waals surface area contributed by atoms with Gasteiger partial charge in [-0.1, -0.05) is 0 Å². The summed E-state index contributed by atoms with van der Waals surface area (Å²) in [6.45, 7) is 2.01. The molecule has 0 aromatic rings. The summed E-state index contributed by atoms with van der Waals surface area (Å²) < 4.78 is 12.2. The van der Waals surface area contributed by atoms with Crippen LogP contribution in [0.2, 0.25) is 0 Å². The van der Waals surface area contributed by atoms with Crippen molar-refractivity contribution in [3.63, 3.8) is 0 Å². The van der Waals surface area contributed by atoms with Crippen LogP contribution in [0.25, 0.3) is 0 Å². The van der Waals surface area contributed by atoms with Crippen molar-refractivity contribution >= 4 is 12.3 Å². The van der Waals surface area contributed by atoms with Crippen molar-refractivity contribution in [2.45, 2.75) is 13.2 Å². The van der Waals surface area contributed by atoms with E-state index in [0.29, 0.717) is 6.54 Å². The Labute approximate surface area is 57.8 Å². The van der Waals surface area contributed by atoms with Crippen molar-refractivity contribution in [2.75, 3.05) is 6.54 Å². The van der Waals surface area contributed by atoms with Crippen LogP contribution in [0.4, 0.5) is 4.39 Å². The number of hydrogen-bond donors (Lipinski definition) is 2. The van der Waals surface area contributed by atoms with Gasteiger partial charge < -0.3 is 10.6 Å². The number of halogens is 1. The fraction of sp³-hybridized carbons (Fsp3) is 0.600. The highest BCUT2D eigenvalue weighted by Gasteiger charge is 2.13. The maximum atomic E-state index is 12.2. The van der Waals surface area contributed by atoms with Gasteiger partial charge in [-0.25, -0.2) is 4.39 Å². The Morgan fingerprint density at radius 1 is 1.80 bits per heavy atom. The average molecular weight is 148 g/mol. The largest absolute Gasteiger partial charge is 0.352 e. The van der Waals surface area contributed by atoms with Gasteiger partial charge in [0.15, 0.2) is 0 Å². The van der Waals surface area contributed by atoms with Gasteiger partial charge in [0.1, 0.15) is 0 Å². The molecule has 10 heavy (non-hydrogen) atoms. The Balaban J connectivity index is 3.58.